The van der Waals surface area contributed by atoms with E-state index in [4.69, 9.17) is 21.1 Å². The molecule has 0 fully saturated rings. The molecule has 5 rings (SSSR count). The third-order valence-electron chi connectivity index (χ3n) is 4.12. The molecule has 130 valence electrons. The summed E-state index contributed by atoms with van der Waals surface area (Å²) in [5.41, 5.74) is 1.15. The summed E-state index contributed by atoms with van der Waals surface area (Å²) in [5, 5.41) is 14.8. The van der Waals surface area contributed by atoms with Crippen molar-refractivity contribution in [3.8, 4) is 11.5 Å². The van der Waals surface area contributed by atoms with Gasteiger partial charge >= 0.3 is 0 Å². The Morgan fingerprint density at radius 2 is 1.88 bits per heavy atom. The maximum Gasteiger partial charge on any atom is 0.234 e. The van der Waals surface area contributed by atoms with Crippen LogP contribution in [0.4, 0.5) is 0 Å². The van der Waals surface area contributed by atoms with Gasteiger partial charge in [0.1, 0.15) is 11.6 Å². The lowest BCUT2D eigenvalue weighted by Gasteiger charge is -2.24. The molecule has 0 aliphatic carbocycles. The molecule has 1 aliphatic heterocycles. The summed E-state index contributed by atoms with van der Waals surface area (Å²) in [6.45, 7) is 0.377. The van der Waals surface area contributed by atoms with Gasteiger partial charge in [0.25, 0.3) is 0 Å². The van der Waals surface area contributed by atoms with Gasteiger partial charge < -0.3 is 9.47 Å². The van der Waals surface area contributed by atoms with E-state index in [1.807, 2.05) is 48.5 Å². The Labute approximate surface area is 158 Å². The fourth-order valence-corrected chi connectivity index (χ4v) is 3.87. The predicted molar refractivity (Wildman–Crippen MR) is 98.2 cm³/mol. The van der Waals surface area contributed by atoms with E-state index < -0.39 is 0 Å². The fourth-order valence-electron chi connectivity index (χ4n) is 2.87. The summed E-state index contributed by atoms with van der Waals surface area (Å²) in [4.78, 5) is 0.742. The number of halogens is 1. The van der Waals surface area contributed by atoms with Gasteiger partial charge in [-0.25, -0.2) is 0 Å². The first-order valence-corrected chi connectivity index (χ1v) is 9.30. The van der Waals surface area contributed by atoms with Crippen LogP contribution in [0.25, 0.3) is 4.96 Å². The van der Waals surface area contributed by atoms with Crippen LogP contribution in [0.15, 0.2) is 48.5 Å². The van der Waals surface area contributed by atoms with Crippen molar-refractivity contribution in [1.29, 1.82) is 0 Å². The van der Waals surface area contributed by atoms with Crippen molar-refractivity contribution in [2.24, 2.45) is 0 Å². The van der Waals surface area contributed by atoms with Gasteiger partial charge in [-0.1, -0.05) is 47.2 Å². The second-order valence-electron chi connectivity index (χ2n) is 5.92. The quantitative estimate of drug-likeness (QED) is 0.535. The molecule has 0 unspecified atom stereocenters. The van der Waals surface area contributed by atoms with Gasteiger partial charge in [-0.2, -0.15) is 9.61 Å². The monoisotopic (exact) mass is 384 g/mol. The number of para-hydroxylation sites is 2. The smallest absolute Gasteiger partial charge is 0.234 e. The molecule has 2 aromatic heterocycles. The van der Waals surface area contributed by atoms with Gasteiger partial charge in [-0.3, -0.25) is 0 Å². The molecule has 4 aromatic rings. The Morgan fingerprint density at radius 1 is 1.08 bits per heavy atom. The van der Waals surface area contributed by atoms with E-state index in [-0.39, 0.29) is 6.10 Å². The van der Waals surface area contributed by atoms with Gasteiger partial charge in [-0.15, -0.1) is 10.2 Å². The van der Waals surface area contributed by atoms with Crippen LogP contribution in [-0.4, -0.2) is 26.4 Å². The van der Waals surface area contributed by atoms with E-state index in [1.54, 1.807) is 4.52 Å². The van der Waals surface area contributed by atoms with Crippen molar-refractivity contribution in [1.82, 2.24) is 19.8 Å². The van der Waals surface area contributed by atoms with Crippen molar-refractivity contribution in [3.63, 3.8) is 0 Å². The third-order valence-corrected chi connectivity index (χ3v) is 5.27. The maximum atomic E-state index is 6.03. The first kappa shape index (κ1) is 15.6. The van der Waals surface area contributed by atoms with E-state index in [0.717, 1.165) is 32.7 Å². The predicted octanol–water partition coefficient (Wildman–Crippen LogP) is 3.94. The van der Waals surface area contributed by atoms with Gasteiger partial charge in [0.2, 0.25) is 4.96 Å². The average molecular weight is 385 g/mol. The molecule has 1 aliphatic rings. The zero-order valence-electron chi connectivity index (χ0n) is 13.5. The third kappa shape index (κ3) is 2.79. The van der Waals surface area contributed by atoms with E-state index in [9.17, 15) is 0 Å². The highest BCUT2D eigenvalue weighted by molar-refractivity contribution is 7.16. The van der Waals surface area contributed by atoms with Gasteiger partial charge in [0, 0.05) is 11.4 Å². The fraction of sp³-hybridized carbons (Fsp3) is 0.167. The molecular weight excluding hydrogens is 372 g/mol. The first-order chi connectivity index (χ1) is 12.8. The summed E-state index contributed by atoms with van der Waals surface area (Å²) >= 11 is 7.46. The molecule has 0 bridgehead atoms. The van der Waals surface area contributed by atoms with Crippen LogP contribution in [-0.2, 0) is 6.42 Å². The van der Waals surface area contributed by atoms with Crippen LogP contribution in [0.1, 0.15) is 22.5 Å². The Kier molecular flexibility index (Phi) is 3.76. The lowest BCUT2D eigenvalue weighted by Crippen LogP contribution is -2.23. The minimum Gasteiger partial charge on any atom is -0.485 e. The van der Waals surface area contributed by atoms with Gasteiger partial charge in [-0.05, 0) is 29.8 Å². The SMILES string of the molecule is Clc1ccc(Cc2nn3c([C@H]4COc5ccccc5O4)nnc3s2)cc1. The minimum absolute atomic E-state index is 0.342. The van der Waals surface area contributed by atoms with Crippen molar-refractivity contribution in [2.75, 3.05) is 6.61 Å². The van der Waals surface area contributed by atoms with Crippen LogP contribution >= 0.6 is 22.9 Å². The highest BCUT2D eigenvalue weighted by Crippen LogP contribution is 2.35. The molecule has 0 saturated heterocycles. The van der Waals surface area contributed by atoms with Crippen LogP contribution in [0.3, 0.4) is 0 Å². The van der Waals surface area contributed by atoms with Crippen molar-refractivity contribution in [2.45, 2.75) is 12.5 Å². The number of rotatable bonds is 3. The van der Waals surface area contributed by atoms with Crippen molar-refractivity contribution >= 4 is 27.9 Å². The molecule has 1 atom stereocenters. The number of aromatic nitrogens is 4. The standard InChI is InChI=1S/C18H13ClN4O2S/c19-12-7-5-11(6-8-12)9-16-22-23-17(20-21-18(23)26-16)15-10-24-13-3-1-2-4-14(13)25-15/h1-8,15H,9-10H2/t15-/m1/s1. The Bertz CT molecular complexity index is 1080. The zero-order chi connectivity index (χ0) is 17.5. The van der Waals surface area contributed by atoms with Crippen molar-refractivity contribution < 1.29 is 9.47 Å². The van der Waals surface area contributed by atoms with Crippen LogP contribution in [0, 0.1) is 0 Å². The highest BCUT2D eigenvalue weighted by Gasteiger charge is 2.28. The van der Waals surface area contributed by atoms with E-state index >= 15 is 0 Å². The molecule has 0 radical (unpaired) electrons. The molecule has 8 heteroatoms. The summed E-state index contributed by atoms with van der Waals surface area (Å²) in [6, 6.07) is 15.4. The number of fused-ring (bicyclic) bond motifs is 2. The lowest BCUT2D eigenvalue weighted by molar-refractivity contribution is 0.0836. The molecule has 2 aromatic carbocycles. The summed E-state index contributed by atoms with van der Waals surface area (Å²) in [5.74, 6) is 2.09. The molecule has 3 heterocycles. The van der Waals surface area contributed by atoms with Crippen LogP contribution < -0.4 is 9.47 Å². The molecular formula is C18H13ClN4O2S. The second kappa shape index (κ2) is 6.26. The maximum absolute atomic E-state index is 6.03. The molecule has 0 amide bonds. The highest BCUT2D eigenvalue weighted by atomic mass is 35.5. The number of hydrogen-bond donors (Lipinski definition) is 0. The molecule has 6 nitrogen and oxygen atoms in total. The number of hydrogen-bond acceptors (Lipinski definition) is 6. The molecule has 26 heavy (non-hydrogen) atoms. The number of ether oxygens (including phenoxy) is 2. The topological polar surface area (TPSA) is 61.5 Å². The van der Waals surface area contributed by atoms with E-state index in [1.165, 1.54) is 11.3 Å². The molecule has 0 spiro atoms. The Hall–Kier alpha value is -2.64. The normalized spacial score (nSPS) is 16.1. The average Bonchev–Trinajstić information content (AvgIpc) is 3.23. The lowest BCUT2D eigenvalue weighted by atomic mass is 10.2. The zero-order valence-corrected chi connectivity index (χ0v) is 15.1. The van der Waals surface area contributed by atoms with E-state index in [0.29, 0.717) is 18.2 Å². The van der Waals surface area contributed by atoms with Crippen LogP contribution in [0.5, 0.6) is 11.5 Å². The Morgan fingerprint density at radius 3 is 2.73 bits per heavy atom. The van der Waals surface area contributed by atoms with Crippen LogP contribution in [0.2, 0.25) is 5.02 Å². The molecule has 0 saturated carbocycles. The largest absolute Gasteiger partial charge is 0.485 e. The van der Waals surface area contributed by atoms with Gasteiger partial charge in [0.15, 0.2) is 23.4 Å². The minimum atomic E-state index is -0.342. The molecule has 0 N–H and O–H groups in total. The van der Waals surface area contributed by atoms with Crippen molar-refractivity contribution in [3.05, 3.63) is 69.9 Å². The van der Waals surface area contributed by atoms with Gasteiger partial charge in [0.05, 0.1) is 0 Å². The summed E-state index contributed by atoms with van der Waals surface area (Å²) in [6.07, 6.45) is 0.376. The Balaban J connectivity index is 1.43. The number of nitrogens with zero attached hydrogens (tertiary/aromatic N) is 4. The first-order valence-electron chi connectivity index (χ1n) is 8.10. The second-order valence-corrected chi connectivity index (χ2v) is 7.39. The summed E-state index contributed by atoms with van der Waals surface area (Å²) < 4.78 is 13.6. The number of benzene rings is 2. The van der Waals surface area contributed by atoms with E-state index in [2.05, 4.69) is 15.3 Å². The summed E-state index contributed by atoms with van der Waals surface area (Å²) in [7, 11) is 0.